The van der Waals surface area contributed by atoms with Gasteiger partial charge in [0.25, 0.3) is 5.69 Å². The van der Waals surface area contributed by atoms with Crippen molar-refractivity contribution in [3.63, 3.8) is 0 Å². The molecule has 0 aliphatic rings. The highest BCUT2D eigenvalue weighted by Gasteiger charge is 2.33. The Hall–Kier alpha value is -1.11. The molecule has 72 valence electrons. The van der Waals surface area contributed by atoms with E-state index in [1.807, 2.05) is 0 Å². The summed E-state index contributed by atoms with van der Waals surface area (Å²) in [5.74, 6) is -1.26. The van der Waals surface area contributed by atoms with Gasteiger partial charge in [0.15, 0.2) is 0 Å². The summed E-state index contributed by atoms with van der Waals surface area (Å²) in [5, 5.41) is 9.43. The highest BCUT2D eigenvalue weighted by Crippen LogP contribution is 2.21. The van der Waals surface area contributed by atoms with Crippen LogP contribution < -0.4 is 4.98 Å². The van der Waals surface area contributed by atoms with Gasteiger partial charge in [-0.2, -0.15) is 18.2 Å². The fourth-order valence-corrected chi connectivity index (χ4v) is 1.55. The van der Waals surface area contributed by atoms with Crippen LogP contribution in [0, 0.1) is 0 Å². The lowest BCUT2D eigenvalue weighted by molar-refractivity contribution is -0.392. The fourth-order valence-electron chi connectivity index (χ4n) is 0.711. The molecule has 7 heteroatoms. The van der Waals surface area contributed by atoms with Crippen molar-refractivity contribution >= 4 is 17.3 Å². The van der Waals surface area contributed by atoms with Gasteiger partial charge in [-0.15, -0.1) is 0 Å². The normalized spacial score (nSPS) is 11.6. The summed E-state index contributed by atoms with van der Waals surface area (Å²) >= 11 is 0.748. The minimum Gasteiger partial charge on any atom is -0.473 e. The van der Waals surface area contributed by atoms with Crippen molar-refractivity contribution in [3.05, 3.63) is 16.1 Å². The van der Waals surface area contributed by atoms with E-state index in [0.717, 1.165) is 16.7 Å². The maximum Gasteiger partial charge on any atom is 0.402 e. The van der Waals surface area contributed by atoms with E-state index in [2.05, 4.69) is 4.98 Å². The van der Waals surface area contributed by atoms with Crippen LogP contribution in [0.3, 0.4) is 0 Å². The number of rotatable bonds is 2. The summed E-state index contributed by atoms with van der Waals surface area (Å²) in [6, 6.07) is 0. The SMILES string of the molecule is O=C(O)c1csc(CC(F)(F)F)[nH+]1. The van der Waals surface area contributed by atoms with Crippen molar-refractivity contribution in [2.24, 2.45) is 0 Å². The van der Waals surface area contributed by atoms with Gasteiger partial charge in [0, 0.05) is 0 Å². The molecule has 0 aliphatic carbocycles. The molecule has 0 unspecified atom stereocenters. The standard InChI is InChI=1S/C6H4F3NO2S/c7-6(8,9)1-4-10-3(2-13-4)5(11)12/h2H,1H2,(H,11,12)/p+1. The van der Waals surface area contributed by atoms with Crippen LogP contribution in [0.2, 0.25) is 0 Å². The van der Waals surface area contributed by atoms with Gasteiger partial charge in [0.05, 0.1) is 5.38 Å². The predicted octanol–water partition coefficient (Wildman–Crippen LogP) is 1.37. The first-order valence-electron chi connectivity index (χ1n) is 3.18. The van der Waals surface area contributed by atoms with E-state index in [0.29, 0.717) is 0 Å². The van der Waals surface area contributed by atoms with Crippen LogP contribution in [-0.2, 0) is 6.42 Å². The Balaban J connectivity index is 2.75. The molecule has 1 heterocycles. The second-order valence-corrected chi connectivity index (χ2v) is 3.26. The molecule has 0 saturated heterocycles. The lowest BCUT2D eigenvalue weighted by Gasteiger charge is -1.98. The molecule has 0 bridgehead atoms. The van der Waals surface area contributed by atoms with E-state index in [1.165, 1.54) is 0 Å². The van der Waals surface area contributed by atoms with Crippen LogP contribution in [0.5, 0.6) is 0 Å². The summed E-state index contributed by atoms with van der Waals surface area (Å²) in [7, 11) is 0. The number of aromatic nitrogens is 1. The molecular formula is C6H5F3NO2S+. The van der Waals surface area contributed by atoms with Gasteiger partial charge in [0.1, 0.15) is 6.42 Å². The monoisotopic (exact) mass is 212 g/mol. The summed E-state index contributed by atoms with van der Waals surface area (Å²) in [6.07, 6.45) is -5.43. The summed E-state index contributed by atoms with van der Waals surface area (Å²) in [4.78, 5) is 12.4. The molecule has 0 spiro atoms. The van der Waals surface area contributed by atoms with Crippen LogP contribution in [0.15, 0.2) is 5.38 Å². The number of nitrogens with one attached hydrogen (secondary N) is 1. The van der Waals surface area contributed by atoms with Crippen molar-refractivity contribution < 1.29 is 28.1 Å². The lowest BCUT2D eigenvalue weighted by atomic mass is 10.4. The van der Waals surface area contributed by atoms with E-state index >= 15 is 0 Å². The largest absolute Gasteiger partial charge is 0.473 e. The first-order valence-corrected chi connectivity index (χ1v) is 4.06. The zero-order valence-electron chi connectivity index (χ0n) is 6.18. The van der Waals surface area contributed by atoms with Crippen molar-refractivity contribution in [2.75, 3.05) is 0 Å². The summed E-state index contributed by atoms with van der Waals surface area (Å²) < 4.78 is 35.4. The Morgan fingerprint density at radius 3 is 2.62 bits per heavy atom. The van der Waals surface area contributed by atoms with Gasteiger partial charge in [-0.1, -0.05) is 11.3 Å². The molecule has 3 nitrogen and oxygen atoms in total. The topological polar surface area (TPSA) is 51.4 Å². The zero-order valence-corrected chi connectivity index (χ0v) is 7.00. The molecule has 0 aliphatic heterocycles. The van der Waals surface area contributed by atoms with E-state index in [-0.39, 0.29) is 10.7 Å². The van der Waals surface area contributed by atoms with E-state index in [4.69, 9.17) is 5.11 Å². The Morgan fingerprint density at radius 2 is 2.23 bits per heavy atom. The third kappa shape index (κ3) is 3.02. The minimum atomic E-state index is -4.31. The third-order valence-corrected chi connectivity index (χ3v) is 2.07. The Kier molecular flexibility index (Phi) is 2.55. The van der Waals surface area contributed by atoms with Crippen molar-refractivity contribution in [3.8, 4) is 0 Å². The first-order chi connectivity index (χ1) is 5.88. The van der Waals surface area contributed by atoms with Gasteiger partial charge < -0.3 is 5.11 Å². The lowest BCUT2D eigenvalue weighted by Crippen LogP contribution is -2.21. The van der Waals surface area contributed by atoms with Crippen LogP contribution in [-0.4, -0.2) is 17.3 Å². The highest BCUT2D eigenvalue weighted by molar-refractivity contribution is 7.09. The Bertz CT molecular complexity index is 320. The number of thiazole rings is 1. The average Bonchev–Trinajstić information content (AvgIpc) is 2.31. The molecule has 0 aromatic carbocycles. The highest BCUT2D eigenvalue weighted by atomic mass is 32.1. The van der Waals surface area contributed by atoms with E-state index in [1.54, 1.807) is 0 Å². The molecule has 0 fully saturated rings. The van der Waals surface area contributed by atoms with Gasteiger partial charge in [-0.05, 0) is 0 Å². The van der Waals surface area contributed by atoms with E-state index in [9.17, 15) is 18.0 Å². The number of carboxylic acids is 1. The number of aromatic amines is 1. The number of hydrogen-bond donors (Lipinski definition) is 1. The first kappa shape index (κ1) is 9.97. The number of aromatic carboxylic acids is 1. The number of halogens is 3. The number of alkyl halides is 3. The van der Waals surface area contributed by atoms with Crippen LogP contribution in [0.25, 0.3) is 0 Å². The Morgan fingerprint density at radius 1 is 1.62 bits per heavy atom. The molecule has 1 rings (SSSR count). The second kappa shape index (κ2) is 3.33. The fraction of sp³-hybridized carbons (Fsp3) is 0.333. The second-order valence-electron chi connectivity index (χ2n) is 2.29. The van der Waals surface area contributed by atoms with Crippen LogP contribution in [0.4, 0.5) is 13.2 Å². The molecule has 1 aromatic heterocycles. The third-order valence-electron chi connectivity index (χ3n) is 1.18. The smallest absolute Gasteiger partial charge is 0.402 e. The summed E-state index contributed by atoms with van der Waals surface area (Å²) in [6.45, 7) is 0. The molecule has 0 atom stereocenters. The number of carbonyl (C=O) groups is 1. The van der Waals surface area contributed by atoms with Crippen molar-refractivity contribution in [1.82, 2.24) is 0 Å². The van der Waals surface area contributed by atoms with Crippen LogP contribution >= 0.6 is 11.3 Å². The van der Waals surface area contributed by atoms with Gasteiger partial charge in [-0.3, -0.25) is 0 Å². The molecule has 0 radical (unpaired) electrons. The molecular weight excluding hydrogens is 207 g/mol. The minimum absolute atomic E-state index is 0.107. The molecule has 1 aromatic rings. The maximum atomic E-state index is 11.8. The molecule has 0 amide bonds. The quantitative estimate of drug-likeness (QED) is 0.804. The van der Waals surface area contributed by atoms with Gasteiger partial charge in [-0.25, -0.2) is 4.79 Å². The molecule has 13 heavy (non-hydrogen) atoms. The van der Waals surface area contributed by atoms with Gasteiger partial charge in [0.2, 0.25) is 5.01 Å². The number of carboxylic acid groups (broad SMARTS) is 1. The average molecular weight is 212 g/mol. The molecule has 0 saturated carbocycles. The van der Waals surface area contributed by atoms with Crippen LogP contribution in [0.1, 0.15) is 15.5 Å². The zero-order chi connectivity index (χ0) is 10.1. The number of H-pyrrole nitrogens is 1. The van der Waals surface area contributed by atoms with E-state index < -0.39 is 18.6 Å². The Labute approximate surface area is 74.8 Å². The van der Waals surface area contributed by atoms with Crippen molar-refractivity contribution in [2.45, 2.75) is 12.6 Å². The van der Waals surface area contributed by atoms with Crippen molar-refractivity contribution in [1.29, 1.82) is 0 Å². The number of hydrogen-bond acceptors (Lipinski definition) is 2. The summed E-state index contributed by atoms with van der Waals surface area (Å²) in [5.41, 5.74) is -0.218. The molecule has 2 N–H and O–H groups in total. The van der Waals surface area contributed by atoms with Gasteiger partial charge >= 0.3 is 12.1 Å². The maximum absolute atomic E-state index is 11.8. The predicted molar refractivity (Wildman–Crippen MR) is 37.6 cm³/mol.